The van der Waals surface area contributed by atoms with Gasteiger partial charge in [0.15, 0.2) is 0 Å². The van der Waals surface area contributed by atoms with Gasteiger partial charge < -0.3 is 15.5 Å². The normalized spacial score (nSPS) is 28.8. The van der Waals surface area contributed by atoms with Crippen LogP contribution in [0.4, 0.5) is 18.9 Å². The number of anilines is 1. The molecule has 1 aromatic carbocycles. The molecule has 0 aromatic heterocycles. The first kappa shape index (κ1) is 25.0. The van der Waals surface area contributed by atoms with Gasteiger partial charge in [0, 0.05) is 47.9 Å². The van der Waals surface area contributed by atoms with E-state index in [-0.39, 0.29) is 36.4 Å². The maximum atomic E-state index is 13.2. The van der Waals surface area contributed by atoms with Gasteiger partial charge in [-0.15, -0.1) is 0 Å². The zero-order chi connectivity index (χ0) is 25.5. The van der Waals surface area contributed by atoms with Crippen molar-refractivity contribution in [2.45, 2.75) is 94.6 Å². The highest BCUT2D eigenvalue weighted by molar-refractivity contribution is 6.06. The van der Waals surface area contributed by atoms with E-state index in [1.165, 1.54) is 12.8 Å². The molecule has 36 heavy (non-hydrogen) atoms. The number of imide groups is 1. The molecule has 2 saturated carbocycles. The van der Waals surface area contributed by atoms with Crippen molar-refractivity contribution in [2.24, 2.45) is 5.92 Å². The number of nitrogens with one attached hydrogen (secondary N) is 3. The molecule has 3 N–H and O–H groups in total. The molecule has 10 heteroatoms. The summed E-state index contributed by atoms with van der Waals surface area (Å²) in [6, 6.07) is 5.02. The summed E-state index contributed by atoms with van der Waals surface area (Å²) in [4.78, 5) is 38.7. The summed E-state index contributed by atoms with van der Waals surface area (Å²) in [6.07, 6.45) is 2.28. The van der Waals surface area contributed by atoms with Gasteiger partial charge in [-0.2, -0.15) is 13.2 Å². The summed E-state index contributed by atoms with van der Waals surface area (Å²) in [5.41, 5.74) is 2.17. The molecule has 0 radical (unpaired) electrons. The van der Waals surface area contributed by atoms with Crippen LogP contribution < -0.4 is 16.0 Å². The number of piperidine rings is 1. The predicted octanol–water partition coefficient (Wildman–Crippen LogP) is 3.88. The lowest BCUT2D eigenvalue weighted by Crippen LogP contribution is -2.52. The van der Waals surface area contributed by atoms with Gasteiger partial charge >= 0.3 is 6.18 Å². The van der Waals surface area contributed by atoms with Crippen molar-refractivity contribution in [1.82, 2.24) is 15.5 Å². The van der Waals surface area contributed by atoms with E-state index in [2.05, 4.69) is 16.0 Å². The molecule has 1 aromatic rings. The van der Waals surface area contributed by atoms with E-state index in [0.717, 1.165) is 43.4 Å². The van der Waals surface area contributed by atoms with Crippen LogP contribution in [-0.2, 0) is 16.1 Å². The largest absolute Gasteiger partial charge is 0.390 e. The van der Waals surface area contributed by atoms with Gasteiger partial charge in [-0.1, -0.05) is 18.9 Å². The van der Waals surface area contributed by atoms with Crippen LogP contribution in [0.25, 0.3) is 0 Å². The van der Waals surface area contributed by atoms with E-state index >= 15 is 0 Å². The third-order valence-corrected chi connectivity index (χ3v) is 8.14. The number of carbonyl (C=O) groups excluding carboxylic acids is 3. The number of hydrogen-bond acceptors (Lipinski definition) is 5. The predicted molar refractivity (Wildman–Crippen MR) is 127 cm³/mol. The first-order chi connectivity index (χ1) is 17.1. The lowest BCUT2D eigenvalue weighted by Gasteiger charge is -2.43. The van der Waals surface area contributed by atoms with Crippen LogP contribution in [0, 0.1) is 5.92 Å². The second-order valence-corrected chi connectivity index (χ2v) is 10.9. The van der Waals surface area contributed by atoms with Gasteiger partial charge in [-0.3, -0.25) is 19.7 Å². The summed E-state index contributed by atoms with van der Waals surface area (Å²) in [6.45, 7) is 0.256. The minimum Gasteiger partial charge on any atom is -0.379 e. The number of benzene rings is 1. The molecular formula is C26H33F3N4O3. The molecule has 3 fully saturated rings. The molecule has 2 aliphatic heterocycles. The second kappa shape index (κ2) is 9.68. The van der Waals surface area contributed by atoms with Crippen molar-refractivity contribution in [3.8, 4) is 0 Å². The zero-order valence-electron chi connectivity index (χ0n) is 20.3. The van der Waals surface area contributed by atoms with Gasteiger partial charge in [0.1, 0.15) is 6.04 Å². The van der Waals surface area contributed by atoms with Crippen molar-refractivity contribution in [3.63, 3.8) is 0 Å². The van der Waals surface area contributed by atoms with Gasteiger partial charge in [-0.25, -0.2) is 0 Å². The van der Waals surface area contributed by atoms with Crippen molar-refractivity contribution >= 4 is 23.4 Å². The number of nitrogens with zero attached hydrogens (tertiary/aromatic N) is 1. The molecule has 5 rings (SSSR count). The van der Waals surface area contributed by atoms with E-state index < -0.39 is 24.5 Å². The average molecular weight is 507 g/mol. The second-order valence-electron chi connectivity index (χ2n) is 10.9. The van der Waals surface area contributed by atoms with E-state index in [1.54, 1.807) is 11.0 Å². The van der Waals surface area contributed by atoms with Gasteiger partial charge in [0.25, 0.3) is 5.91 Å². The van der Waals surface area contributed by atoms with Crippen LogP contribution in [0.3, 0.4) is 0 Å². The third kappa shape index (κ3) is 5.53. The van der Waals surface area contributed by atoms with Crippen molar-refractivity contribution in [3.05, 3.63) is 29.3 Å². The first-order valence-corrected chi connectivity index (χ1v) is 13.0. The molecule has 1 atom stereocenters. The lowest BCUT2D eigenvalue weighted by atomic mass is 9.75. The van der Waals surface area contributed by atoms with Crippen LogP contribution in [0.2, 0.25) is 0 Å². The minimum atomic E-state index is -4.15. The smallest absolute Gasteiger partial charge is 0.379 e. The van der Waals surface area contributed by atoms with Crippen LogP contribution in [0.1, 0.15) is 80.1 Å². The molecule has 1 saturated heterocycles. The Morgan fingerprint density at radius 2 is 1.81 bits per heavy atom. The van der Waals surface area contributed by atoms with E-state index in [1.807, 2.05) is 12.1 Å². The third-order valence-electron chi connectivity index (χ3n) is 8.14. The number of amides is 3. The van der Waals surface area contributed by atoms with E-state index in [4.69, 9.17) is 0 Å². The number of rotatable bonds is 8. The topological polar surface area (TPSA) is 90.5 Å². The van der Waals surface area contributed by atoms with Crippen molar-refractivity contribution in [1.29, 1.82) is 0 Å². The molecular weight excluding hydrogens is 473 g/mol. The summed E-state index contributed by atoms with van der Waals surface area (Å²) in [5.74, 6) is -0.278. The number of fused-ring (bicyclic) bond motifs is 1. The highest BCUT2D eigenvalue weighted by Gasteiger charge is 2.43. The fourth-order valence-corrected chi connectivity index (χ4v) is 6.04. The minimum absolute atomic E-state index is 0.0539. The Kier molecular flexibility index (Phi) is 6.74. The SMILES string of the molecule is O=C1CCC(N2Cc3c(NC4(CC5CC5)CCC(NCCC(F)(F)F)CC4)cccc3C2=O)C(=O)N1. The Bertz CT molecular complexity index is 1030. The summed E-state index contributed by atoms with van der Waals surface area (Å²) in [5, 5.41) is 9.21. The van der Waals surface area contributed by atoms with Crippen molar-refractivity contribution < 1.29 is 27.6 Å². The van der Waals surface area contributed by atoms with Crippen molar-refractivity contribution in [2.75, 3.05) is 11.9 Å². The molecule has 7 nitrogen and oxygen atoms in total. The number of alkyl halides is 3. The van der Waals surface area contributed by atoms with Gasteiger partial charge in [-0.05, 0) is 56.6 Å². The molecule has 2 heterocycles. The maximum absolute atomic E-state index is 13.2. The summed E-state index contributed by atoms with van der Waals surface area (Å²) < 4.78 is 37.6. The standard InChI is InChI=1S/C26H33F3N4O3/c27-26(28,29)12-13-30-17-8-10-25(11-9-17,14-16-4-5-16)32-20-3-1-2-18-19(20)15-33(24(18)36)21-6-7-22(34)31-23(21)35/h1-3,16-17,21,30,32H,4-15H2,(H,31,34,35). The molecule has 196 valence electrons. The molecule has 3 amide bonds. The first-order valence-electron chi connectivity index (χ1n) is 13.0. The lowest BCUT2D eigenvalue weighted by molar-refractivity contribution is -0.137. The van der Waals surface area contributed by atoms with Gasteiger partial charge in [0.2, 0.25) is 11.8 Å². The van der Waals surface area contributed by atoms with Crippen LogP contribution in [-0.4, -0.2) is 53.0 Å². The fraction of sp³-hybridized carbons (Fsp3) is 0.654. The Hall–Kier alpha value is -2.62. The average Bonchev–Trinajstić information content (AvgIpc) is 3.56. The summed E-state index contributed by atoms with van der Waals surface area (Å²) >= 11 is 0. The Balaban J connectivity index is 1.28. The molecule has 1 unspecified atom stereocenters. The highest BCUT2D eigenvalue weighted by Crippen LogP contribution is 2.45. The monoisotopic (exact) mass is 506 g/mol. The molecule has 2 aliphatic carbocycles. The number of halogens is 3. The molecule has 0 bridgehead atoms. The van der Waals surface area contributed by atoms with Gasteiger partial charge in [0.05, 0.1) is 6.42 Å². The van der Waals surface area contributed by atoms with Crippen LogP contribution in [0.15, 0.2) is 18.2 Å². The highest BCUT2D eigenvalue weighted by atomic mass is 19.4. The Morgan fingerprint density at radius 3 is 2.47 bits per heavy atom. The Morgan fingerprint density at radius 1 is 1.06 bits per heavy atom. The number of carbonyl (C=O) groups is 3. The zero-order valence-corrected chi connectivity index (χ0v) is 20.3. The maximum Gasteiger partial charge on any atom is 0.390 e. The van der Waals surface area contributed by atoms with E-state index in [9.17, 15) is 27.6 Å². The van der Waals surface area contributed by atoms with Crippen LogP contribution >= 0.6 is 0 Å². The molecule has 4 aliphatic rings. The van der Waals surface area contributed by atoms with E-state index in [0.29, 0.717) is 24.4 Å². The summed E-state index contributed by atoms with van der Waals surface area (Å²) in [7, 11) is 0. The number of hydrogen-bond donors (Lipinski definition) is 3. The molecule has 0 spiro atoms. The Labute approximate surface area is 208 Å². The fourth-order valence-electron chi connectivity index (χ4n) is 6.04. The quantitative estimate of drug-likeness (QED) is 0.466. The van der Waals surface area contributed by atoms with Crippen LogP contribution in [0.5, 0.6) is 0 Å².